The largest absolute Gasteiger partial charge is 0.426 e. The van der Waals surface area contributed by atoms with Gasteiger partial charge in [0.1, 0.15) is 0 Å². The molecule has 1 amide bonds. The molecule has 0 aliphatic carbocycles. The first-order valence-corrected chi connectivity index (χ1v) is 4.56. The van der Waals surface area contributed by atoms with E-state index in [0.29, 0.717) is 20.0 Å². The van der Waals surface area contributed by atoms with Crippen molar-refractivity contribution in [2.45, 2.75) is 18.7 Å². The third-order valence-electron chi connectivity index (χ3n) is 2.37. The van der Waals surface area contributed by atoms with Gasteiger partial charge in [0.05, 0.1) is 0 Å². The Labute approximate surface area is 85.1 Å². The number of carbonyl (C=O) groups is 1. The lowest BCUT2D eigenvalue weighted by Gasteiger charge is -2.34. The molecule has 4 nitrogen and oxygen atoms in total. The summed E-state index contributed by atoms with van der Waals surface area (Å²) in [6, 6.07) is 0. The van der Waals surface area contributed by atoms with E-state index in [0.717, 1.165) is 4.90 Å². The van der Waals surface area contributed by atoms with Gasteiger partial charge < -0.3 is 15.3 Å². The number of alkyl halides is 3. The van der Waals surface area contributed by atoms with Gasteiger partial charge in [-0.2, -0.15) is 13.2 Å². The summed E-state index contributed by atoms with van der Waals surface area (Å²) in [6.45, 7) is 1.74. The van der Waals surface area contributed by atoms with Crippen LogP contribution in [0.3, 0.4) is 0 Å². The van der Waals surface area contributed by atoms with E-state index in [1.807, 2.05) is 0 Å². The van der Waals surface area contributed by atoms with Crippen molar-refractivity contribution in [3.8, 4) is 0 Å². The molecule has 0 bridgehead atoms. The highest BCUT2D eigenvalue weighted by atomic mass is 19.4. The van der Waals surface area contributed by atoms with Crippen molar-refractivity contribution in [3.63, 3.8) is 0 Å². The van der Waals surface area contributed by atoms with Gasteiger partial charge in [-0.1, -0.05) is 0 Å². The van der Waals surface area contributed by atoms with Crippen molar-refractivity contribution in [2.75, 3.05) is 26.2 Å². The van der Waals surface area contributed by atoms with E-state index in [2.05, 4.69) is 5.32 Å². The molecule has 0 aromatic carbocycles. The van der Waals surface area contributed by atoms with Gasteiger partial charge in [0.25, 0.3) is 5.91 Å². The van der Waals surface area contributed by atoms with Gasteiger partial charge in [-0.3, -0.25) is 4.79 Å². The molecule has 1 heterocycles. The van der Waals surface area contributed by atoms with Crippen molar-refractivity contribution in [1.82, 2.24) is 10.2 Å². The molecule has 1 atom stereocenters. The molecule has 0 radical (unpaired) electrons. The van der Waals surface area contributed by atoms with Crippen molar-refractivity contribution in [3.05, 3.63) is 0 Å². The van der Waals surface area contributed by atoms with E-state index in [1.165, 1.54) is 0 Å². The number of piperazine rings is 1. The zero-order valence-electron chi connectivity index (χ0n) is 8.26. The van der Waals surface area contributed by atoms with Crippen LogP contribution in [-0.4, -0.2) is 53.9 Å². The van der Waals surface area contributed by atoms with E-state index in [9.17, 15) is 18.0 Å². The first kappa shape index (κ1) is 12.3. The summed E-state index contributed by atoms with van der Waals surface area (Å²) in [5, 5.41) is 12.0. The number of hydrogen-bond acceptors (Lipinski definition) is 3. The fourth-order valence-corrected chi connectivity index (χ4v) is 1.30. The van der Waals surface area contributed by atoms with Gasteiger partial charge in [-0.15, -0.1) is 0 Å². The Bertz CT molecular complexity index is 247. The minimum Gasteiger partial charge on any atom is -0.373 e. The first-order chi connectivity index (χ1) is 6.77. The standard InChI is InChI=1S/C8H13F3N2O2/c1-7(15,8(9,10)11)6(14)13-4-2-12-3-5-13/h12,15H,2-5H2,1H3. The molecule has 0 aromatic heterocycles. The number of carbonyl (C=O) groups excluding carboxylic acids is 1. The summed E-state index contributed by atoms with van der Waals surface area (Å²) in [5.41, 5.74) is -3.29. The summed E-state index contributed by atoms with van der Waals surface area (Å²) in [5.74, 6) is -1.28. The van der Waals surface area contributed by atoms with Crippen molar-refractivity contribution in [2.24, 2.45) is 0 Å². The normalized spacial score (nSPS) is 22.3. The van der Waals surface area contributed by atoms with E-state index >= 15 is 0 Å². The number of nitrogens with zero attached hydrogens (tertiary/aromatic N) is 1. The average Bonchev–Trinajstić information content (AvgIpc) is 2.16. The third-order valence-corrected chi connectivity index (χ3v) is 2.37. The molecule has 1 aliphatic heterocycles. The molecule has 1 saturated heterocycles. The van der Waals surface area contributed by atoms with Crippen LogP contribution in [0.5, 0.6) is 0 Å². The van der Waals surface area contributed by atoms with Crippen LogP contribution in [0.25, 0.3) is 0 Å². The minimum atomic E-state index is -4.94. The maximum Gasteiger partial charge on any atom is 0.426 e. The summed E-state index contributed by atoms with van der Waals surface area (Å²) in [6.07, 6.45) is -4.94. The number of nitrogens with one attached hydrogen (secondary N) is 1. The molecule has 2 N–H and O–H groups in total. The second kappa shape index (κ2) is 3.97. The highest BCUT2D eigenvalue weighted by Crippen LogP contribution is 2.31. The van der Waals surface area contributed by atoms with Crippen LogP contribution in [0.4, 0.5) is 13.2 Å². The van der Waals surface area contributed by atoms with Gasteiger partial charge in [0, 0.05) is 26.2 Å². The van der Waals surface area contributed by atoms with Crippen LogP contribution >= 0.6 is 0 Å². The van der Waals surface area contributed by atoms with Crippen LogP contribution in [-0.2, 0) is 4.79 Å². The maximum absolute atomic E-state index is 12.3. The second-order valence-corrected chi connectivity index (χ2v) is 3.61. The van der Waals surface area contributed by atoms with Crippen LogP contribution in [0.2, 0.25) is 0 Å². The number of halogens is 3. The van der Waals surface area contributed by atoms with E-state index in [1.54, 1.807) is 0 Å². The van der Waals surface area contributed by atoms with Gasteiger partial charge in [-0.25, -0.2) is 0 Å². The third kappa shape index (κ3) is 2.40. The Morgan fingerprint density at radius 3 is 2.20 bits per heavy atom. The smallest absolute Gasteiger partial charge is 0.373 e. The number of aliphatic hydroxyl groups is 1. The fourth-order valence-electron chi connectivity index (χ4n) is 1.30. The minimum absolute atomic E-state index is 0.186. The summed E-state index contributed by atoms with van der Waals surface area (Å²) in [4.78, 5) is 12.4. The summed E-state index contributed by atoms with van der Waals surface area (Å²) in [7, 11) is 0. The Kier molecular flexibility index (Phi) is 3.25. The number of amides is 1. The lowest BCUT2D eigenvalue weighted by molar-refractivity contribution is -0.250. The number of hydrogen-bond donors (Lipinski definition) is 2. The van der Waals surface area contributed by atoms with Gasteiger partial charge in [0.2, 0.25) is 5.60 Å². The summed E-state index contributed by atoms with van der Waals surface area (Å²) < 4.78 is 37.0. The van der Waals surface area contributed by atoms with Gasteiger partial charge in [0.15, 0.2) is 0 Å². The average molecular weight is 226 g/mol. The van der Waals surface area contributed by atoms with Crippen LogP contribution < -0.4 is 5.32 Å². The molecule has 1 fully saturated rings. The van der Waals surface area contributed by atoms with E-state index < -0.39 is 17.7 Å². The lowest BCUT2D eigenvalue weighted by atomic mass is 10.0. The quantitative estimate of drug-likeness (QED) is 0.647. The topological polar surface area (TPSA) is 52.6 Å². The molecule has 1 aliphatic rings. The monoisotopic (exact) mass is 226 g/mol. The zero-order chi connectivity index (χ0) is 11.7. The SMILES string of the molecule is CC(O)(C(=O)N1CCNCC1)C(F)(F)F. The van der Waals surface area contributed by atoms with Crippen LogP contribution in [0, 0.1) is 0 Å². The van der Waals surface area contributed by atoms with Gasteiger partial charge in [-0.05, 0) is 6.92 Å². The van der Waals surface area contributed by atoms with E-state index in [-0.39, 0.29) is 13.1 Å². The lowest BCUT2D eigenvalue weighted by Crippen LogP contribution is -2.59. The molecule has 88 valence electrons. The molecule has 7 heteroatoms. The predicted molar refractivity (Wildman–Crippen MR) is 46.1 cm³/mol. The molecular formula is C8H13F3N2O2. The second-order valence-electron chi connectivity index (χ2n) is 3.61. The molecule has 0 spiro atoms. The first-order valence-electron chi connectivity index (χ1n) is 4.56. The Balaban J connectivity index is 2.74. The molecule has 0 saturated carbocycles. The zero-order valence-corrected chi connectivity index (χ0v) is 8.26. The highest BCUT2D eigenvalue weighted by molar-refractivity contribution is 5.85. The molecule has 1 unspecified atom stereocenters. The Morgan fingerprint density at radius 1 is 1.33 bits per heavy atom. The van der Waals surface area contributed by atoms with Crippen LogP contribution in [0.1, 0.15) is 6.92 Å². The molecule has 0 aromatic rings. The highest BCUT2D eigenvalue weighted by Gasteiger charge is 2.57. The number of rotatable bonds is 1. The van der Waals surface area contributed by atoms with Crippen LogP contribution in [0.15, 0.2) is 0 Å². The van der Waals surface area contributed by atoms with E-state index in [4.69, 9.17) is 5.11 Å². The van der Waals surface area contributed by atoms with Crippen molar-refractivity contribution >= 4 is 5.91 Å². The molecule has 1 rings (SSSR count). The van der Waals surface area contributed by atoms with Crippen molar-refractivity contribution < 1.29 is 23.1 Å². The molecule has 15 heavy (non-hydrogen) atoms. The van der Waals surface area contributed by atoms with Gasteiger partial charge >= 0.3 is 6.18 Å². The molecular weight excluding hydrogens is 213 g/mol. The summed E-state index contributed by atoms with van der Waals surface area (Å²) >= 11 is 0. The predicted octanol–water partition coefficient (Wildman–Crippen LogP) is -0.269. The fraction of sp³-hybridized carbons (Fsp3) is 0.875. The van der Waals surface area contributed by atoms with Crippen molar-refractivity contribution in [1.29, 1.82) is 0 Å². The Hall–Kier alpha value is -0.820. The Morgan fingerprint density at radius 2 is 1.80 bits per heavy atom. The maximum atomic E-state index is 12.3.